The van der Waals surface area contributed by atoms with E-state index in [0.717, 1.165) is 0 Å². The Balaban J connectivity index is 1.98. The van der Waals surface area contributed by atoms with E-state index in [-0.39, 0.29) is 6.42 Å². The topological polar surface area (TPSA) is 107 Å². The van der Waals surface area contributed by atoms with Gasteiger partial charge in [0, 0.05) is 5.92 Å². The molecule has 1 N–H and O–H groups in total. The molecule has 2 saturated heterocycles. The van der Waals surface area contributed by atoms with E-state index in [0.29, 0.717) is 6.42 Å². The third kappa shape index (κ3) is 3.05. The minimum Gasteiger partial charge on any atom is -0.462 e. The second-order valence-corrected chi connectivity index (χ2v) is 8.34. The average molecular weight is 426 g/mol. The third-order valence-corrected chi connectivity index (χ3v) is 6.10. The zero-order chi connectivity index (χ0) is 20.6. The van der Waals surface area contributed by atoms with E-state index < -0.39 is 75.5 Å². The van der Waals surface area contributed by atoms with Gasteiger partial charge in [-0.15, -0.1) is 0 Å². The van der Waals surface area contributed by atoms with Crippen molar-refractivity contribution in [3.63, 3.8) is 0 Å². The highest BCUT2D eigenvalue weighted by molar-refractivity contribution is 7.85. The molecule has 0 aromatic rings. The fourth-order valence-corrected chi connectivity index (χ4v) is 5.19. The first kappa shape index (κ1) is 20.2. The van der Waals surface area contributed by atoms with Crippen molar-refractivity contribution in [1.82, 2.24) is 0 Å². The quantitative estimate of drug-likeness (QED) is 0.412. The van der Waals surface area contributed by atoms with Crippen molar-refractivity contribution in [1.29, 1.82) is 0 Å². The van der Waals surface area contributed by atoms with Gasteiger partial charge < -0.3 is 9.47 Å². The Morgan fingerprint density at radius 1 is 1.15 bits per heavy atom. The van der Waals surface area contributed by atoms with Gasteiger partial charge in [-0.3, -0.25) is 14.1 Å². The van der Waals surface area contributed by atoms with E-state index in [1.54, 1.807) is 0 Å². The van der Waals surface area contributed by atoms with Gasteiger partial charge in [-0.1, -0.05) is 0 Å². The van der Waals surface area contributed by atoms with Gasteiger partial charge in [-0.25, -0.2) is 0 Å². The predicted octanol–water partition coefficient (Wildman–Crippen LogP) is 1.48. The summed E-state index contributed by atoms with van der Waals surface area (Å²) in [6.07, 6.45) is -13.1. The summed E-state index contributed by atoms with van der Waals surface area (Å²) in [6, 6.07) is 0. The normalized spacial score (nSPS) is 33.3. The first-order chi connectivity index (χ1) is 12.1. The molecule has 7 nitrogen and oxygen atoms in total. The highest BCUT2D eigenvalue weighted by Crippen LogP contribution is 2.58. The van der Waals surface area contributed by atoms with Crippen LogP contribution < -0.4 is 0 Å². The van der Waals surface area contributed by atoms with Crippen LogP contribution in [0.2, 0.25) is 0 Å². The zero-order valence-electron chi connectivity index (χ0n) is 13.1. The Hall–Kier alpha value is -1.57. The van der Waals surface area contributed by atoms with Crippen LogP contribution in [0.5, 0.6) is 0 Å². The summed E-state index contributed by atoms with van der Waals surface area (Å²) in [5, 5.41) is 0. The average Bonchev–Trinajstić information content (AvgIpc) is 2.96. The van der Waals surface area contributed by atoms with Crippen LogP contribution in [0.15, 0.2) is 0 Å². The largest absolute Gasteiger partial charge is 0.462 e. The molecule has 0 aromatic heterocycles. The van der Waals surface area contributed by atoms with Crippen molar-refractivity contribution in [3.05, 3.63) is 0 Å². The summed E-state index contributed by atoms with van der Waals surface area (Å²) >= 11 is 0. The second kappa shape index (κ2) is 5.72. The maximum atomic E-state index is 13.2. The van der Waals surface area contributed by atoms with Crippen molar-refractivity contribution in [2.24, 2.45) is 23.7 Å². The van der Waals surface area contributed by atoms with Crippen molar-refractivity contribution >= 4 is 22.1 Å². The number of ether oxygens (including phenoxy) is 2. The van der Waals surface area contributed by atoms with Crippen LogP contribution in [0.3, 0.4) is 0 Å². The first-order valence-corrected chi connectivity index (χ1v) is 9.20. The number of alkyl halides is 6. The monoisotopic (exact) mass is 426 g/mol. The lowest BCUT2D eigenvalue weighted by Gasteiger charge is -2.41. The number of carbonyl (C=O) groups excluding carboxylic acids is 2. The van der Waals surface area contributed by atoms with Crippen molar-refractivity contribution in [3.8, 4) is 0 Å². The molecule has 0 aromatic carbocycles. The van der Waals surface area contributed by atoms with E-state index in [1.807, 2.05) is 0 Å². The standard InChI is InChI=1S/C13H12F6O7S/c14-12(15,16)11(13(17,18)19,3-27(22,23)24)26-10(21)8-5-1-4-2-6(5)25-9(20)7(4)8/h4-8H,1-3H2,(H,22,23,24). The van der Waals surface area contributed by atoms with Crippen molar-refractivity contribution in [2.75, 3.05) is 5.75 Å². The molecule has 5 atom stereocenters. The molecular weight excluding hydrogens is 414 g/mol. The Morgan fingerprint density at radius 2 is 1.70 bits per heavy atom. The molecule has 4 aliphatic rings. The number of esters is 2. The lowest BCUT2D eigenvalue weighted by atomic mass is 9.75. The van der Waals surface area contributed by atoms with Crippen LogP contribution in [0.25, 0.3) is 0 Å². The number of hydrogen-bond acceptors (Lipinski definition) is 6. The molecule has 0 amide bonds. The SMILES string of the molecule is O=C1OC2CC3CC2C(C(=O)OC(CS(=O)(=O)O)(C(F)(F)F)C(F)(F)F)C13. The van der Waals surface area contributed by atoms with Crippen LogP contribution in [-0.2, 0) is 29.2 Å². The molecule has 4 rings (SSSR count). The Kier molecular flexibility index (Phi) is 4.27. The highest BCUT2D eigenvalue weighted by Gasteiger charge is 2.77. The van der Waals surface area contributed by atoms with Gasteiger partial charge in [0.15, 0.2) is 0 Å². The van der Waals surface area contributed by atoms with Crippen molar-refractivity contribution < 1.29 is 58.4 Å². The Morgan fingerprint density at radius 3 is 2.15 bits per heavy atom. The van der Waals surface area contributed by atoms with Crippen LogP contribution in [0.1, 0.15) is 12.8 Å². The molecule has 2 heterocycles. The van der Waals surface area contributed by atoms with E-state index >= 15 is 0 Å². The predicted molar refractivity (Wildman–Crippen MR) is 70.4 cm³/mol. The second-order valence-electron chi connectivity index (χ2n) is 6.89. The third-order valence-electron chi connectivity index (χ3n) is 5.33. The molecular formula is C13H12F6O7S. The summed E-state index contributed by atoms with van der Waals surface area (Å²) in [5.41, 5.74) is -5.46. The lowest BCUT2D eigenvalue weighted by molar-refractivity contribution is -0.363. The molecule has 2 aliphatic carbocycles. The van der Waals surface area contributed by atoms with Gasteiger partial charge in [-0.2, -0.15) is 34.8 Å². The fourth-order valence-electron chi connectivity index (χ4n) is 4.29. The molecule has 0 spiro atoms. The molecule has 27 heavy (non-hydrogen) atoms. The summed E-state index contributed by atoms with van der Waals surface area (Å²) in [4.78, 5) is 24.0. The van der Waals surface area contributed by atoms with E-state index in [1.165, 1.54) is 0 Å². The first-order valence-electron chi connectivity index (χ1n) is 7.59. The maximum absolute atomic E-state index is 13.2. The van der Waals surface area contributed by atoms with Crippen LogP contribution in [-0.4, -0.2) is 54.7 Å². The number of halogens is 6. The van der Waals surface area contributed by atoms with E-state index in [9.17, 15) is 44.3 Å². The van der Waals surface area contributed by atoms with Crippen LogP contribution in [0, 0.1) is 23.7 Å². The van der Waals surface area contributed by atoms with Gasteiger partial charge in [0.05, 0.1) is 11.8 Å². The molecule has 14 heteroatoms. The minimum atomic E-state index is -6.39. The Labute approximate surface area is 147 Å². The van der Waals surface area contributed by atoms with Gasteiger partial charge in [0.2, 0.25) is 0 Å². The molecule has 4 bridgehead atoms. The van der Waals surface area contributed by atoms with E-state index in [2.05, 4.69) is 4.74 Å². The number of fused-ring (bicyclic) bond motifs is 1. The molecule has 0 radical (unpaired) electrons. The molecule has 2 aliphatic heterocycles. The Bertz CT molecular complexity index is 759. The van der Waals surface area contributed by atoms with Crippen LogP contribution >= 0.6 is 0 Å². The summed E-state index contributed by atoms with van der Waals surface area (Å²) in [5.74, 6) is -9.91. The summed E-state index contributed by atoms with van der Waals surface area (Å²) < 4.78 is 118. The van der Waals surface area contributed by atoms with Crippen LogP contribution in [0.4, 0.5) is 26.3 Å². The van der Waals surface area contributed by atoms with Gasteiger partial charge in [0.25, 0.3) is 10.1 Å². The maximum Gasteiger partial charge on any atom is 0.438 e. The zero-order valence-corrected chi connectivity index (χ0v) is 13.9. The highest BCUT2D eigenvalue weighted by atomic mass is 32.2. The lowest BCUT2D eigenvalue weighted by Crippen LogP contribution is -2.64. The number of hydrogen-bond donors (Lipinski definition) is 1. The molecule has 2 saturated carbocycles. The van der Waals surface area contributed by atoms with Crippen molar-refractivity contribution in [2.45, 2.75) is 36.9 Å². The van der Waals surface area contributed by atoms with E-state index in [4.69, 9.17) is 9.29 Å². The fraction of sp³-hybridized carbons (Fsp3) is 0.846. The smallest absolute Gasteiger partial charge is 0.438 e. The molecule has 154 valence electrons. The summed E-state index contributed by atoms with van der Waals surface area (Å²) in [6.45, 7) is 0. The summed E-state index contributed by atoms with van der Waals surface area (Å²) in [7, 11) is -5.86. The minimum absolute atomic E-state index is 0.199. The molecule has 5 unspecified atom stereocenters. The molecule has 4 fully saturated rings. The number of carbonyl (C=O) groups is 2. The van der Waals surface area contributed by atoms with Gasteiger partial charge in [0.1, 0.15) is 11.9 Å². The van der Waals surface area contributed by atoms with Gasteiger partial charge >= 0.3 is 29.9 Å². The number of rotatable bonds is 4. The van der Waals surface area contributed by atoms with Gasteiger partial charge in [-0.05, 0) is 18.8 Å².